The zero-order valence-corrected chi connectivity index (χ0v) is 12.0. The zero-order chi connectivity index (χ0) is 16.3. The number of aromatic nitrogens is 1. The molecular weight excluding hydrogens is 282 g/mol. The molecule has 0 aliphatic carbocycles. The summed E-state index contributed by atoms with van der Waals surface area (Å²) in [5.74, 6) is -0.657. The van der Waals surface area contributed by atoms with Gasteiger partial charge in [0.25, 0.3) is 0 Å². The minimum Gasteiger partial charge on any atom is -0.464 e. The molecule has 0 unspecified atom stereocenters. The van der Waals surface area contributed by atoms with Crippen LogP contribution in [0.4, 0.5) is 11.4 Å². The Morgan fingerprint density at radius 1 is 1.32 bits per heavy atom. The van der Waals surface area contributed by atoms with Gasteiger partial charge in [0.1, 0.15) is 12.1 Å². The fraction of sp³-hybridized carbons (Fsp3) is 0.133. The lowest BCUT2D eigenvalue weighted by molar-refractivity contribution is 0.0593. The van der Waals surface area contributed by atoms with Gasteiger partial charge in [-0.15, -0.1) is 0 Å². The molecule has 3 N–H and O–H groups in total. The maximum absolute atomic E-state index is 11.9. The number of nitrogens with two attached hydrogens (primary N) is 1. The zero-order valence-electron chi connectivity index (χ0n) is 12.0. The number of carbonyl (C=O) groups is 1. The molecule has 7 nitrogen and oxygen atoms in total. The molecule has 22 heavy (non-hydrogen) atoms. The quantitative estimate of drug-likeness (QED) is 0.831. The van der Waals surface area contributed by atoms with Crippen LogP contribution in [-0.2, 0) is 4.74 Å². The lowest BCUT2D eigenvalue weighted by atomic mass is 10.1. The molecule has 0 saturated heterocycles. The summed E-state index contributed by atoms with van der Waals surface area (Å²) >= 11 is 0. The van der Waals surface area contributed by atoms with E-state index in [4.69, 9.17) is 15.7 Å². The molecule has 0 bridgehead atoms. The van der Waals surface area contributed by atoms with Crippen molar-refractivity contribution < 1.29 is 9.53 Å². The van der Waals surface area contributed by atoms with Crippen molar-refractivity contribution in [3.63, 3.8) is 0 Å². The topological polar surface area (TPSA) is 117 Å². The summed E-state index contributed by atoms with van der Waals surface area (Å²) in [6.45, 7) is 0. The minimum absolute atomic E-state index is 0.0468. The Bertz CT molecular complexity index is 824. The number of rotatable bonds is 3. The Kier molecular flexibility index (Phi) is 4.01. The highest BCUT2D eigenvalue weighted by atomic mass is 16.5. The molecule has 0 aliphatic heterocycles. The third kappa shape index (κ3) is 2.32. The number of nitrogen functional groups attached to an aromatic ring is 1. The lowest BCUT2D eigenvalue weighted by Crippen LogP contribution is -2.11. The van der Waals surface area contributed by atoms with Gasteiger partial charge < -0.3 is 20.4 Å². The molecule has 0 amide bonds. The monoisotopic (exact) mass is 295 g/mol. The Morgan fingerprint density at radius 2 is 2.00 bits per heavy atom. The fourth-order valence-electron chi connectivity index (χ4n) is 2.11. The van der Waals surface area contributed by atoms with Crippen molar-refractivity contribution in [2.75, 3.05) is 25.2 Å². The van der Waals surface area contributed by atoms with Crippen molar-refractivity contribution in [3.05, 3.63) is 41.2 Å². The number of nitrogens with one attached hydrogen (secondary N) is 1. The van der Waals surface area contributed by atoms with E-state index in [0.29, 0.717) is 16.9 Å². The highest BCUT2D eigenvalue weighted by Crippen LogP contribution is 2.26. The van der Waals surface area contributed by atoms with Crippen LogP contribution < -0.4 is 11.1 Å². The van der Waals surface area contributed by atoms with Gasteiger partial charge in [0.2, 0.25) is 0 Å². The second-order valence-corrected chi connectivity index (χ2v) is 4.37. The third-order valence-corrected chi connectivity index (χ3v) is 3.21. The standard InChI is InChI=1S/C15H13N5O2/c1-19-12-4-3-11(5-9(12)6-16)20-8-10(7-17)13(18)14(20)15(21)22-2/h3-5,8,19H,18H2,1-2H3. The molecule has 7 heteroatoms. The molecule has 0 radical (unpaired) electrons. The van der Waals surface area contributed by atoms with E-state index < -0.39 is 5.97 Å². The maximum Gasteiger partial charge on any atom is 0.357 e. The number of anilines is 2. The summed E-state index contributed by atoms with van der Waals surface area (Å²) < 4.78 is 6.16. The Labute approximate surface area is 127 Å². The lowest BCUT2D eigenvalue weighted by Gasteiger charge is -2.10. The summed E-state index contributed by atoms with van der Waals surface area (Å²) in [5.41, 5.74) is 7.69. The van der Waals surface area contributed by atoms with Crippen LogP contribution in [0.5, 0.6) is 0 Å². The third-order valence-electron chi connectivity index (χ3n) is 3.21. The smallest absolute Gasteiger partial charge is 0.357 e. The van der Waals surface area contributed by atoms with Crippen molar-refractivity contribution >= 4 is 17.3 Å². The van der Waals surface area contributed by atoms with Crippen LogP contribution in [-0.4, -0.2) is 24.7 Å². The molecule has 0 atom stereocenters. The van der Waals surface area contributed by atoms with Gasteiger partial charge in [-0.2, -0.15) is 10.5 Å². The van der Waals surface area contributed by atoms with Crippen molar-refractivity contribution in [3.8, 4) is 17.8 Å². The molecule has 0 spiro atoms. The average Bonchev–Trinajstić information content (AvgIpc) is 2.89. The van der Waals surface area contributed by atoms with Gasteiger partial charge in [0.15, 0.2) is 5.69 Å². The Morgan fingerprint density at radius 3 is 2.55 bits per heavy atom. The van der Waals surface area contributed by atoms with Gasteiger partial charge in [-0.3, -0.25) is 0 Å². The number of benzene rings is 1. The molecule has 110 valence electrons. The van der Waals surface area contributed by atoms with Crippen LogP contribution in [0, 0.1) is 22.7 Å². The normalized spacial score (nSPS) is 9.64. The van der Waals surface area contributed by atoms with E-state index in [0.717, 1.165) is 0 Å². The predicted octanol–water partition coefficient (Wildman–Crippen LogP) is 1.63. The first-order valence-electron chi connectivity index (χ1n) is 6.28. The Balaban J connectivity index is 2.70. The van der Waals surface area contributed by atoms with Crippen LogP contribution in [0.25, 0.3) is 5.69 Å². The van der Waals surface area contributed by atoms with E-state index in [9.17, 15) is 10.1 Å². The van der Waals surface area contributed by atoms with Gasteiger partial charge >= 0.3 is 5.97 Å². The SMILES string of the molecule is CNc1ccc(-n2cc(C#N)c(N)c2C(=O)OC)cc1C#N. The van der Waals surface area contributed by atoms with Gasteiger partial charge in [-0.25, -0.2) is 4.79 Å². The molecule has 0 saturated carbocycles. The highest BCUT2D eigenvalue weighted by molar-refractivity contribution is 5.96. The van der Waals surface area contributed by atoms with E-state index in [-0.39, 0.29) is 16.9 Å². The van der Waals surface area contributed by atoms with Crippen LogP contribution in [0.2, 0.25) is 0 Å². The number of carbonyl (C=O) groups excluding carboxylic acids is 1. The first kappa shape index (κ1) is 14.9. The molecule has 1 aromatic carbocycles. The van der Waals surface area contributed by atoms with E-state index in [1.165, 1.54) is 17.9 Å². The fourth-order valence-corrected chi connectivity index (χ4v) is 2.11. The van der Waals surface area contributed by atoms with Crippen molar-refractivity contribution in [2.24, 2.45) is 0 Å². The van der Waals surface area contributed by atoms with E-state index in [1.54, 1.807) is 25.2 Å². The van der Waals surface area contributed by atoms with E-state index >= 15 is 0 Å². The van der Waals surface area contributed by atoms with Gasteiger partial charge in [-0.05, 0) is 18.2 Å². The average molecular weight is 295 g/mol. The van der Waals surface area contributed by atoms with Crippen molar-refractivity contribution in [1.82, 2.24) is 4.57 Å². The number of hydrogen-bond acceptors (Lipinski definition) is 6. The second kappa shape index (κ2) is 5.90. The van der Waals surface area contributed by atoms with Gasteiger partial charge in [-0.1, -0.05) is 0 Å². The molecular formula is C15H13N5O2. The highest BCUT2D eigenvalue weighted by Gasteiger charge is 2.22. The first-order valence-corrected chi connectivity index (χ1v) is 6.28. The van der Waals surface area contributed by atoms with Crippen LogP contribution in [0.3, 0.4) is 0 Å². The largest absolute Gasteiger partial charge is 0.464 e. The van der Waals surface area contributed by atoms with Crippen LogP contribution in [0.1, 0.15) is 21.6 Å². The van der Waals surface area contributed by atoms with Gasteiger partial charge in [0, 0.05) is 18.9 Å². The van der Waals surface area contributed by atoms with Crippen molar-refractivity contribution in [2.45, 2.75) is 0 Å². The molecule has 1 heterocycles. The number of nitrogens with zero attached hydrogens (tertiary/aromatic N) is 3. The van der Waals surface area contributed by atoms with E-state index in [2.05, 4.69) is 11.4 Å². The number of nitriles is 2. The molecule has 1 aromatic heterocycles. The summed E-state index contributed by atoms with van der Waals surface area (Å²) in [6, 6.07) is 9.00. The number of esters is 1. The van der Waals surface area contributed by atoms with Crippen LogP contribution >= 0.6 is 0 Å². The summed E-state index contributed by atoms with van der Waals surface area (Å²) in [6.07, 6.45) is 1.44. The number of hydrogen-bond donors (Lipinski definition) is 2. The predicted molar refractivity (Wildman–Crippen MR) is 80.5 cm³/mol. The van der Waals surface area contributed by atoms with Crippen molar-refractivity contribution in [1.29, 1.82) is 10.5 Å². The first-order chi connectivity index (χ1) is 10.6. The Hall–Kier alpha value is -3.45. The van der Waals surface area contributed by atoms with E-state index in [1.807, 2.05) is 6.07 Å². The minimum atomic E-state index is -0.657. The molecule has 2 rings (SSSR count). The molecule has 0 fully saturated rings. The maximum atomic E-state index is 11.9. The number of methoxy groups -OCH3 is 1. The summed E-state index contributed by atoms with van der Waals surface area (Å²) in [7, 11) is 2.94. The van der Waals surface area contributed by atoms with Crippen LogP contribution in [0.15, 0.2) is 24.4 Å². The summed E-state index contributed by atoms with van der Waals surface area (Å²) in [5, 5.41) is 21.2. The molecule has 2 aromatic rings. The second-order valence-electron chi connectivity index (χ2n) is 4.37. The molecule has 0 aliphatic rings. The summed E-state index contributed by atoms with van der Waals surface area (Å²) in [4.78, 5) is 11.9. The van der Waals surface area contributed by atoms with Gasteiger partial charge in [0.05, 0.1) is 29.6 Å². The number of ether oxygens (including phenoxy) is 1.